The van der Waals surface area contributed by atoms with Gasteiger partial charge in [0.15, 0.2) is 11.5 Å². The van der Waals surface area contributed by atoms with Crippen LogP contribution in [0.5, 0.6) is 0 Å². The van der Waals surface area contributed by atoms with E-state index < -0.39 is 0 Å². The molecular weight excluding hydrogens is 658 g/mol. The van der Waals surface area contributed by atoms with Gasteiger partial charge in [-0.15, -0.1) is 10.2 Å². The highest BCUT2D eigenvalue weighted by atomic mass is 16.2. The van der Waals surface area contributed by atoms with Gasteiger partial charge in [-0.2, -0.15) is 5.10 Å². The maximum atomic E-state index is 13.3. The molecule has 1 saturated heterocycles. The number of carbonyl (C=O) groups is 3. The molecule has 1 aromatic carbocycles. The summed E-state index contributed by atoms with van der Waals surface area (Å²) >= 11 is 0. The van der Waals surface area contributed by atoms with E-state index in [9.17, 15) is 14.4 Å². The van der Waals surface area contributed by atoms with Crippen LogP contribution in [0.4, 0.5) is 22.9 Å². The molecule has 3 aromatic heterocycles. The Morgan fingerprint density at radius 1 is 0.981 bits per heavy atom. The fraction of sp³-hybridized carbons (Fsp3) is 0.447. The van der Waals surface area contributed by atoms with Gasteiger partial charge >= 0.3 is 0 Å². The molecule has 3 amide bonds. The minimum Gasteiger partial charge on any atom is -0.364 e. The van der Waals surface area contributed by atoms with E-state index in [0.29, 0.717) is 23.7 Å². The van der Waals surface area contributed by atoms with Crippen LogP contribution in [0.1, 0.15) is 89.0 Å². The molecule has 0 bridgehead atoms. The van der Waals surface area contributed by atoms with Gasteiger partial charge in [-0.25, -0.2) is 4.98 Å². The van der Waals surface area contributed by atoms with Crippen LogP contribution in [0.3, 0.4) is 0 Å². The minimum absolute atomic E-state index is 0.00769. The molecule has 4 aliphatic rings. The second kappa shape index (κ2) is 13.3. The minimum atomic E-state index is -0.291. The van der Waals surface area contributed by atoms with Crippen molar-refractivity contribution < 1.29 is 14.4 Å². The van der Waals surface area contributed by atoms with E-state index in [-0.39, 0.29) is 47.5 Å². The molecule has 5 heterocycles. The van der Waals surface area contributed by atoms with Gasteiger partial charge in [0.2, 0.25) is 5.91 Å². The lowest BCUT2D eigenvalue weighted by Crippen LogP contribution is -2.48. The lowest BCUT2D eigenvalue weighted by molar-refractivity contribution is -0.117. The Morgan fingerprint density at radius 2 is 1.77 bits per heavy atom. The third-order valence-corrected chi connectivity index (χ3v) is 10.4. The summed E-state index contributed by atoms with van der Waals surface area (Å²) < 4.78 is 2.20. The summed E-state index contributed by atoms with van der Waals surface area (Å²) in [6.07, 6.45) is 6.48. The van der Waals surface area contributed by atoms with E-state index in [0.717, 1.165) is 79.0 Å². The summed E-state index contributed by atoms with van der Waals surface area (Å²) in [5.41, 5.74) is 8.18. The van der Waals surface area contributed by atoms with Crippen LogP contribution < -0.4 is 20.9 Å². The summed E-state index contributed by atoms with van der Waals surface area (Å²) in [6.45, 7) is 6.51. The number of aromatic nitrogens is 5. The first kappa shape index (κ1) is 33.8. The van der Waals surface area contributed by atoms with Crippen LogP contribution in [-0.4, -0.2) is 92.8 Å². The molecule has 3 fully saturated rings. The third kappa shape index (κ3) is 6.47. The summed E-state index contributed by atoms with van der Waals surface area (Å²) in [5, 5.41) is 22.9. The Kier molecular flexibility index (Phi) is 8.64. The van der Waals surface area contributed by atoms with Crippen LogP contribution in [0.2, 0.25) is 0 Å². The van der Waals surface area contributed by atoms with E-state index >= 15 is 0 Å². The predicted octanol–water partition coefficient (Wildman–Crippen LogP) is 4.69. The largest absolute Gasteiger partial charge is 0.364 e. The van der Waals surface area contributed by atoms with E-state index in [4.69, 9.17) is 5.10 Å². The van der Waals surface area contributed by atoms with Crippen molar-refractivity contribution in [1.82, 2.24) is 40.1 Å². The number of pyridine rings is 1. The van der Waals surface area contributed by atoms with Crippen LogP contribution in [0, 0.1) is 12.8 Å². The lowest BCUT2D eigenvalue weighted by atomic mass is 9.91. The first-order valence-corrected chi connectivity index (χ1v) is 18.2. The molecule has 0 unspecified atom stereocenters. The average molecular weight is 704 g/mol. The standard InChI is InChI=1S/C38H45N11O3/c1-6-31-35-27(17-39-49(35)25-19-48(20-25)18-24-14-21(2)15-30(40-24)38(52)46(3)4)26-8-7-9-28(34(26)47(31)5)42-29-16-32(43-36(50)22-10-11-22)44-45-33(29)37(51)41-23-12-13-23/h7-9,14-17,22-23,25,31H,6,10-13,18-20H2,1-5H3,(H,41,51)(H2,42,43,44,50)/t31-/m0/s1. The molecule has 52 heavy (non-hydrogen) atoms. The molecule has 2 aliphatic carbocycles. The van der Waals surface area contributed by atoms with Crippen molar-refractivity contribution in [1.29, 1.82) is 0 Å². The predicted molar refractivity (Wildman–Crippen MR) is 198 cm³/mol. The van der Waals surface area contributed by atoms with Gasteiger partial charge in [0.25, 0.3) is 11.8 Å². The number of rotatable bonds is 11. The second-order valence-electron chi connectivity index (χ2n) is 14.8. The molecule has 0 spiro atoms. The number of amides is 3. The second-order valence-corrected chi connectivity index (χ2v) is 14.8. The number of hydrogen-bond donors (Lipinski definition) is 3. The Balaban J connectivity index is 1.06. The maximum Gasteiger partial charge on any atom is 0.274 e. The number of aryl methyl sites for hydroxylation is 1. The number of para-hydroxylation sites is 1. The average Bonchev–Trinajstić information content (AvgIpc) is 4.04. The fourth-order valence-electron chi connectivity index (χ4n) is 7.38. The zero-order valence-corrected chi connectivity index (χ0v) is 30.3. The van der Waals surface area contributed by atoms with Crippen molar-refractivity contribution in [2.75, 3.05) is 49.8 Å². The summed E-state index contributed by atoms with van der Waals surface area (Å²) in [7, 11) is 5.59. The van der Waals surface area contributed by atoms with Gasteiger partial charge in [0.05, 0.1) is 46.7 Å². The highest BCUT2D eigenvalue weighted by Gasteiger charge is 2.38. The van der Waals surface area contributed by atoms with Crippen LogP contribution in [-0.2, 0) is 11.3 Å². The number of carbonyl (C=O) groups excluding carboxylic acids is 3. The SMILES string of the molecule is CC[C@H]1c2c(cnn2C2CN(Cc3cc(C)cc(C(=O)N(C)C)n3)C2)-c2cccc(Nc3cc(NC(=O)C4CC4)nnc3C(=O)NC3CC3)c2N1C. The summed E-state index contributed by atoms with van der Waals surface area (Å²) in [6, 6.07) is 12.1. The van der Waals surface area contributed by atoms with Crippen LogP contribution in [0.15, 0.2) is 42.6 Å². The molecule has 14 nitrogen and oxygen atoms in total. The third-order valence-electron chi connectivity index (χ3n) is 10.4. The van der Waals surface area contributed by atoms with Gasteiger partial charge in [0, 0.05) is 69.9 Å². The van der Waals surface area contributed by atoms with Gasteiger partial charge in [-0.05, 0) is 62.8 Å². The fourth-order valence-corrected chi connectivity index (χ4v) is 7.38. The first-order chi connectivity index (χ1) is 25.1. The highest BCUT2D eigenvalue weighted by Crippen LogP contribution is 2.50. The highest BCUT2D eigenvalue weighted by molar-refractivity contribution is 6.01. The van der Waals surface area contributed by atoms with Crippen molar-refractivity contribution in [3.8, 4) is 11.1 Å². The number of anilines is 4. The smallest absolute Gasteiger partial charge is 0.274 e. The molecule has 4 aromatic rings. The van der Waals surface area contributed by atoms with Crippen molar-refractivity contribution in [3.05, 3.63) is 70.9 Å². The van der Waals surface area contributed by atoms with Gasteiger partial charge in [0.1, 0.15) is 5.69 Å². The summed E-state index contributed by atoms with van der Waals surface area (Å²) in [5.74, 6) is -0.142. The number of likely N-dealkylation sites (tertiary alicyclic amines) is 1. The number of nitrogens with one attached hydrogen (secondary N) is 3. The monoisotopic (exact) mass is 703 g/mol. The molecular formula is C38H45N11O3. The van der Waals surface area contributed by atoms with Crippen molar-refractivity contribution >= 4 is 40.6 Å². The van der Waals surface area contributed by atoms with Crippen molar-refractivity contribution in [2.24, 2.45) is 5.92 Å². The molecule has 2 saturated carbocycles. The van der Waals surface area contributed by atoms with E-state index in [1.165, 1.54) is 5.69 Å². The number of fused-ring (bicyclic) bond motifs is 3. The normalized spacial score (nSPS) is 18.2. The van der Waals surface area contributed by atoms with E-state index in [1.807, 2.05) is 31.3 Å². The van der Waals surface area contributed by atoms with Gasteiger partial charge in [-0.1, -0.05) is 19.1 Å². The Hall–Kier alpha value is -5.37. The summed E-state index contributed by atoms with van der Waals surface area (Å²) in [4.78, 5) is 49.3. The van der Waals surface area contributed by atoms with Crippen molar-refractivity contribution in [3.63, 3.8) is 0 Å². The molecule has 3 N–H and O–H groups in total. The Morgan fingerprint density at radius 3 is 2.48 bits per heavy atom. The number of hydrogen-bond acceptors (Lipinski definition) is 10. The lowest BCUT2D eigenvalue weighted by Gasteiger charge is -2.43. The van der Waals surface area contributed by atoms with Crippen LogP contribution in [0.25, 0.3) is 11.1 Å². The van der Waals surface area contributed by atoms with Crippen LogP contribution >= 0.6 is 0 Å². The Bertz CT molecular complexity index is 2060. The molecule has 270 valence electrons. The van der Waals surface area contributed by atoms with Crippen molar-refractivity contribution in [2.45, 2.75) is 70.6 Å². The number of benzene rings is 1. The van der Waals surface area contributed by atoms with Gasteiger partial charge < -0.3 is 25.8 Å². The van der Waals surface area contributed by atoms with Gasteiger partial charge in [-0.3, -0.25) is 24.0 Å². The maximum absolute atomic E-state index is 13.3. The topological polar surface area (TPSA) is 154 Å². The van der Waals surface area contributed by atoms with E-state index in [1.54, 1.807) is 25.1 Å². The number of nitrogens with zero attached hydrogens (tertiary/aromatic N) is 8. The quantitative estimate of drug-likeness (QED) is 0.201. The van der Waals surface area contributed by atoms with E-state index in [2.05, 4.69) is 71.7 Å². The molecule has 2 aliphatic heterocycles. The molecule has 1 atom stereocenters. The molecule has 8 rings (SSSR count). The Labute approximate surface area is 303 Å². The first-order valence-electron chi connectivity index (χ1n) is 18.2. The zero-order chi connectivity index (χ0) is 36.3. The molecule has 14 heteroatoms. The zero-order valence-electron chi connectivity index (χ0n) is 30.3. The molecule has 0 radical (unpaired) electrons.